The highest BCUT2D eigenvalue weighted by Gasteiger charge is 2.02. The maximum Gasteiger partial charge on any atom is 0.223 e. The molecule has 1 rings (SSSR count). The number of anilines is 1. The lowest BCUT2D eigenvalue weighted by Gasteiger charge is -2.07. The van der Waals surface area contributed by atoms with Crippen LogP contribution in [-0.4, -0.2) is 35.3 Å². The molecule has 3 N–H and O–H groups in total. The summed E-state index contributed by atoms with van der Waals surface area (Å²) >= 11 is 0. The molecule has 0 heterocycles. The molecule has 0 radical (unpaired) electrons. The first-order chi connectivity index (χ1) is 8.58. The molecule has 1 aromatic rings. The molecule has 0 saturated carbocycles. The Morgan fingerprint density at radius 2 is 2.28 bits per heavy atom. The van der Waals surface area contributed by atoms with Gasteiger partial charge < -0.3 is 15.8 Å². The highest BCUT2D eigenvalue weighted by molar-refractivity contribution is 7.84. The van der Waals surface area contributed by atoms with Gasteiger partial charge in [-0.3, -0.25) is 9.00 Å². The molecular formula is C12H18N2O3S. The van der Waals surface area contributed by atoms with E-state index in [1.165, 1.54) is 0 Å². The third-order valence-electron chi connectivity index (χ3n) is 2.17. The van der Waals surface area contributed by atoms with Crippen molar-refractivity contribution < 1.29 is 13.7 Å². The normalized spacial score (nSPS) is 11.8. The Morgan fingerprint density at radius 3 is 2.94 bits per heavy atom. The van der Waals surface area contributed by atoms with Gasteiger partial charge in [0.1, 0.15) is 5.75 Å². The van der Waals surface area contributed by atoms with Gasteiger partial charge >= 0.3 is 0 Å². The van der Waals surface area contributed by atoms with E-state index in [0.29, 0.717) is 30.3 Å². The molecule has 0 fully saturated rings. The molecule has 1 unspecified atom stereocenters. The molecule has 18 heavy (non-hydrogen) atoms. The number of nitrogens with two attached hydrogens (primary N) is 1. The first kappa shape index (κ1) is 14.5. The number of nitrogen functional groups attached to an aromatic ring is 1. The van der Waals surface area contributed by atoms with Crippen molar-refractivity contribution in [3.8, 4) is 5.75 Å². The summed E-state index contributed by atoms with van der Waals surface area (Å²) < 4.78 is 16.2. The maximum atomic E-state index is 11.4. The Morgan fingerprint density at radius 1 is 1.50 bits per heavy atom. The second-order valence-corrected chi connectivity index (χ2v) is 5.35. The Labute approximate surface area is 109 Å². The Hall–Kier alpha value is -1.56. The van der Waals surface area contributed by atoms with E-state index in [4.69, 9.17) is 10.5 Å². The van der Waals surface area contributed by atoms with Crippen LogP contribution in [0.15, 0.2) is 24.3 Å². The average molecular weight is 270 g/mol. The van der Waals surface area contributed by atoms with Gasteiger partial charge in [-0.05, 0) is 12.1 Å². The summed E-state index contributed by atoms with van der Waals surface area (Å²) in [6.45, 7) is 0.727. The van der Waals surface area contributed by atoms with Gasteiger partial charge in [0, 0.05) is 41.1 Å². The largest absolute Gasteiger partial charge is 0.493 e. The molecule has 1 atom stereocenters. The van der Waals surface area contributed by atoms with Gasteiger partial charge in [-0.25, -0.2) is 0 Å². The van der Waals surface area contributed by atoms with Crippen LogP contribution in [0.4, 0.5) is 5.69 Å². The van der Waals surface area contributed by atoms with E-state index in [2.05, 4.69) is 5.32 Å². The zero-order chi connectivity index (χ0) is 13.4. The van der Waals surface area contributed by atoms with Crippen LogP contribution in [0.3, 0.4) is 0 Å². The lowest BCUT2D eigenvalue weighted by Crippen LogP contribution is -2.28. The molecule has 0 aliphatic carbocycles. The van der Waals surface area contributed by atoms with Crippen LogP contribution in [0.1, 0.15) is 6.42 Å². The van der Waals surface area contributed by atoms with Crippen LogP contribution in [0.2, 0.25) is 0 Å². The number of nitrogens with one attached hydrogen (secondary N) is 1. The Bertz CT molecular complexity index is 424. The molecule has 1 aromatic carbocycles. The van der Waals surface area contributed by atoms with E-state index in [-0.39, 0.29) is 12.3 Å². The first-order valence-electron chi connectivity index (χ1n) is 5.63. The van der Waals surface area contributed by atoms with Crippen molar-refractivity contribution >= 4 is 22.4 Å². The van der Waals surface area contributed by atoms with E-state index in [0.717, 1.165) is 0 Å². The third-order valence-corrected chi connectivity index (χ3v) is 2.95. The van der Waals surface area contributed by atoms with Gasteiger partial charge in [0.05, 0.1) is 13.0 Å². The van der Waals surface area contributed by atoms with Gasteiger partial charge in [-0.2, -0.15) is 0 Å². The van der Waals surface area contributed by atoms with E-state index < -0.39 is 10.8 Å². The highest BCUT2D eigenvalue weighted by Crippen LogP contribution is 2.14. The van der Waals surface area contributed by atoms with Crippen molar-refractivity contribution in [2.45, 2.75) is 6.42 Å². The summed E-state index contributed by atoms with van der Waals surface area (Å²) in [4.78, 5) is 11.4. The molecule has 0 aliphatic heterocycles. The second-order valence-electron chi connectivity index (χ2n) is 3.80. The molecule has 0 spiro atoms. The van der Waals surface area contributed by atoms with E-state index in [1.54, 1.807) is 30.5 Å². The van der Waals surface area contributed by atoms with Crippen molar-refractivity contribution in [1.82, 2.24) is 5.32 Å². The topological polar surface area (TPSA) is 81.4 Å². The number of rotatable bonds is 7. The number of ether oxygens (including phenoxy) is 1. The van der Waals surface area contributed by atoms with Gasteiger partial charge in [-0.1, -0.05) is 6.07 Å². The van der Waals surface area contributed by atoms with Gasteiger partial charge in [0.25, 0.3) is 0 Å². The molecule has 0 aromatic heterocycles. The SMILES string of the molecule is CS(=O)CCNC(=O)CCOc1cccc(N)c1. The smallest absolute Gasteiger partial charge is 0.223 e. The van der Waals surface area contributed by atoms with Crippen LogP contribution in [0.25, 0.3) is 0 Å². The van der Waals surface area contributed by atoms with Gasteiger partial charge in [0.2, 0.25) is 5.91 Å². The highest BCUT2D eigenvalue weighted by atomic mass is 32.2. The third kappa shape index (κ3) is 6.24. The fourth-order valence-electron chi connectivity index (χ4n) is 1.29. The van der Waals surface area contributed by atoms with Gasteiger partial charge in [0.15, 0.2) is 0 Å². The molecule has 1 amide bonds. The lowest BCUT2D eigenvalue weighted by molar-refractivity contribution is -0.121. The number of hydrogen-bond donors (Lipinski definition) is 2. The van der Waals surface area contributed by atoms with Crippen molar-refractivity contribution in [3.05, 3.63) is 24.3 Å². The predicted molar refractivity (Wildman–Crippen MR) is 72.9 cm³/mol. The molecule has 0 saturated heterocycles. The van der Waals surface area contributed by atoms with Gasteiger partial charge in [-0.15, -0.1) is 0 Å². The maximum absolute atomic E-state index is 11.4. The summed E-state index contributed by atoms with van der Waals surface area (Å²) in [5.74, 6) is 1.02. The monoisotopic (exact) mass is 270 g/mol. The van der Waals surface area contributed by atoms with E-state index >= 15 is 0 Å². The second kappa shape index (κ2) is 7.71. The predicted octanol–water partition coefficient (Wildman–Crippen LogP) is 0.532. The van der Waals surface area contributed by atoms with Crippen molar-refractivity contribution in [2.24, 2.45) is 0 Å². The molecule has 0 bridgehead atoms. The van der Waals surface area contributed by atoms with Crippen LogP contribution >= 0.6 is 0 Å². The molecule has 5 nitrogen and oxygen atoms in total. The lowest BCUT2D eigenvalue weighted by atomic mass is 10.3. The number of benzene rings is 1. The van der Waals surface area contributed by atoms with Crippen molar-refractivity contribution in [3.63, 3.8) is 0 Å². The average Bonchev–Trinajstić information content (AvgIpc) is 2.28. The van der Waals surface area contributed by atoms with Crippen molar-refractivity contribution in [2.75, 3.05) is 30.9 Å². The summed E-state index contributed by atoms with van der Waals surface area (Å²) in [6, 6.07) is 7.05. The van der Waals surface area contributed by atoms with Crippen LogP contribution in [-0.2, 0) is 15.6 Å². The standard InChI is InChI=1S/C12H18N2O3S/c1-18(16)8-6-14-12(15)5-7-17-11-4-2-3-10(13)9-11/h2-4,9H,5-8,13H2,1H3,(H,14,15). The fourth-order valence-corrected chi connectivity index (χ4v) is 1.68. The minimum atomic E-state index is -0.880. The van der Waals surface area contributed by atoms with Crippen molar-refractivity contribution in [1.29, 1.82) is 0 Å². The summed E-state index contributed by atoms with van der Waals surface area (Å²) in [6.07, 6.45) is 1.88. The van der Waals surface area contributed by atoms with E-state index in [9.17, 15) is 9.00 Å². The summed E-state index contributed by atoms with van der Waals surface area (Å²) in [5, 5.41) is 2.67. The Balaban J connectivity index is 2.17. The van der Waals surface area contributed by atoms with Crippen LogP contribution in [0, 0.1) is 0 Å². The molecular weight excluding hydrogens is 252 g/mol. The summed E-state index contributed by atoms with van der Waals surface area (Å²) in [7, 11) is -0.880. The molecule has 6 heteroatoms. The molecule has 100 valence electrons. The quantitative estimate of drug-likeness (QED) is 0.708. The zero-order valence-corrected chi connectivity index (χ0v) is 11.2. The first-order valence-corrected chi connectivity index (χ1v) is 7.35. The Kier molecular flexibility index (Phi) is 6.21. The minimum Gasteiger partial charge on any atom is -0.493 e. The number of carbonyl (C=O) groups is 1. The van der Waals surface area contributed by atoms with Crippen LogP contribution in [0.5, 0.6) is 5.75 Å². The van der Waals surface area contributed by atoms with E-state index in [1.807, 2.05) is 0 Å². The number of amides is 1. The number of hydrogen-bond acceptors (Lipinski definition) is 4. The number of carbonyl (C=O) groups excluding carboxylic acids is 1. The molecule has 0 aliphatic rings. The van der Waals surface area contributed by atoms with Crippen LogP contribution < -0.4 is 15.8 Å². The minimum absolute atomic E-state index is 0.107. The summed E-state index contributed by atoms with van der Waals surface area (Å²) in [5.41, 5.74) is 6.22. The zero-order valence-electron chi connectivity index (χ0n) is 10.3. The fraction of sp³-hybridized carbons (Fsp3) is 0.417.